The SMILES string of the molecule is CCC(C)(CC(C)C(=O)NCc1ccccc1)C(=O)Nc1ccc(S(N)(=O)=O)cc1. The number of primary sulfonamides is 1. The molecule has 2 unspecified atom stereocenters. The van der Waals surface area contributed by atoms with Gasteiger partial charge in [0.1, 0.15) is 0 Å². The highest BCUT2D eigenvalue weighted by atomic mass is 32.2. The molecule has 0 aliphatic rings. The Kier molecular flexibility index (Phi) is 7.75. The Morgan fingerprint density at radius 3 is 2.20 bits per heavy atom. The van der Waals surface area contributed by atoms with Gasteiger partial charge < -0.3 is 10.6 Å². The molecule has 0 heterocycles. The number of carbonyl (C=O) groups excluding carboxylic acids is 2. The molecule has 8 heteroatoms. The number of carbonyl (C=O) groups is 2. The zero-order valence-corrected chi connectivity index (χ0v) is 18.3. The molecule has 0 aliphatic carbocycles. The Morgan fingerprint density at radius 1 is 1.07 bits per heavy atom. The molecular weight excluding hydrogens is 402 g/mol. The number of amides is 2. The predicted molar refractivity (Wildman–Crippen MR) is 117 cm³/mol. The van der Waals surface area contributed by atoms with Crippen LogP contribution in [0.15, 0.2) is 59.5 Å². The predicted octanol–water partition coefficient (Wildman–Crippen LogP) is 3.03. The van der Waals surface area contributed by atoms with Gasteiger partial charge in [-0.15, -0.1) is 0 Å². The average molecular weight is 432 g/mol. The maximum absolute atomic E-state index is 12.9. The summed E-state index contributed by atoms with van der Waals surface area (Å²) in [5.74, 6) is -0.686. The first-order chi connectivity index (χ1) is 14.0. The van der Waals surface area contributed by atoms with Gasteiger partial charge in [0.05, 0.1) is 4.90 Å². The minimum Gasteiger partial charge on any atom is -0.352 e. The number of rotatable bonds is 9. The van der Waals surface area contributed by atoms with Crippen LogP contribution < -0.4 is 15.8 Å². The quantitative estimate of drug-likeness (QED) is 0.565. The summed E-state index contributed by atoms with van der Waals surface area (Å²) in [4.78, 5) is 25.4. The van der Waals surface area contributed by atoms with E-state index in [-0.39, 0.29) is 22.6 Å². The Labute approximate surface area is 178 Å². The molecule has 0 saturated heterocycles. The second kappa shape index (κ2) is 9.86. The van der Waals surface area contributed by atoms with E-state index in [1.54, 1.807) is 0 Å². The summed E-state index contributed by atoms with van der Waals surface area (Å²) in [5, 5.41) is 10.8. The van der Waals surface area contributed by atoms with Crippen LogP contribution in [0.4, 0.5) is 5.69 Å². The molecule has 0 aromatic heterocycles. The number of benzene rings is 2. The van der Waals surface area contributed by atoms with Crippen molar-refractivity contribution in [3.8, 4) is 0 Å². The van der Waals surface area contributed by atoms with Crippen LogP contribution in [0.3, 0.4) is 0 Å². The fourth-order valence-corrected chi connectivity index (χ4v) is 3.65. The molecule has 30 heavy (non-hydrogen) atoms. The lowest BCUT2D eigenvalue weighted by molar-refractivity contribution is -0.129. The second-order valence-corrected chi connectivity index (χ2v) is 9.31. The van der Waals surface area contributed by atoms with Gasteiger partial charge in [0, 0.05) is 23.6 Å². The molecule has 0 fully saturated rings. The number of anilines is 1. The number of hydrogen-bond donors (Lipinski definition) is 3. The average Bonchev–Trinajstić information content (AvgIpc) is 2.72. The van der Waals surface area contributed by atoms with Crippen molar-refractivity contribution in [3.63, 3.8) is 0 Å². The van der Waals surface area contributed by atoms with Crippen LogP contribution in [0, 0.1) is 11.3 Å². The molecule has 2 aromatic rings. The van der Waals surface area contributed by atoms with Crippen LogP contribution in [-0.4, -0.2) is 20.2 Å². The van der Waals surface area contributed by atoms with Crippen molar-refractivity contribution in [2.45, 2.75) is 45.1 Å². The van der Waals surface area contributed by atoms with Gasteiger partial charge in [-0.3, -0.25) is 9.59 Å². The maximum Gasteiger partial charge on any atom is 0.238 e. The third-order valence-corrected chi connectivity index (χ3v) is 6.21. The zero-order chi connectivity index (χ0) is 22.4. The lowest BCUT2D eigenvalue weighted by atomic mass is 9.78. The Bertz CT molecular complexity index is 975. The molecule has 0 aliphatic heterocycles. The van der Waals surface area contributed by atoms with Gasteiger partial charge in [0.25, 0.3) is 0 Å². The summed E-state index contributed by atoms with van der Waals surface area (Å²) < 4.78 is 22.7. The third kappa shape index (κ3) is 6.40. The zero-order valence-electron chi connectivity index (χ0n) is 17.5. The van der Waals surface area contributed by atoms with Crippen LogP contribution in [-0.2, 0) is 26.2 Å². The van der Waals surface area contributed by atoms with E-state index >= 15 is 0 Å². The molecule has 2 rings (SSSR count). The van der Waals surface area contributed by atoms with Gasteiger partial charge in [-0.2, -0.15) is 0 Å². The Hall–Kier alpha value is -2.71. The molecule has 2 atom stereocenters. The molecule has 0 saturated carbocycles. The summed E-state index contributed by atoms with van der Waals surface area (Å²) in [6.45, 7) is 5.97. The van der Waals surface area contributed by atoms with Crippen molar-refractivity contribution < 1.29 is 18.0 Å². The minimum atomic E-state index is -3.79. The first-order valence-electron chi connectivity index (χ1n) is 9.81. The summed E-state index contributed by atoms with van der Waals surface area (Å²) in [6, 6.07) is 15.3. The Morgan fingerprint density at radius 2 is 1.67 bits per heavy atom. The summed E-state index contributed by atoms with van der Waals surface area (Å²) in [7, 11) is -3.79. The van der Waals surface area contributed by atoms with Crippen molar-refractivity contribution in [2.24, 2.45) is 16.5 Å². The minimum absolute atomic E-state index is 0.0255. The van der Waals surface area contributed by atoms with Crippen LogP contribution in [0.5, 0.6) is 0 Å². The first-order valence-corrected chi connectivity index (χ1v) is 11.4. The van der Waals surface area contributed by atoms with E-state index < -0.39 is 15.4 Å². The number of sulfonamides is 1. The molecule has 2 amide bonds. The van der Waals surface area contributed by atoms with Crippen molar-refractivity contribution >= 4 is 27.5 Å². The molecule has 4 N–H and O–H groups in total. The van der Waals surface area contributed by atoms with Gasteiger partial charge in [-0.1, -0.05) is 51.1 Å². The normalized spacial score (nSPS) is 14.4. The molecule has 2 aromatic carbocycles. The molecule has 0 bridgehead atoms. The summed E-state index contributed by atoms with van der Waals surface area (Å²) in [5.41, 5.74) is 0.715. The van der Waals surface area contributed by atoms with Gasteiger partial charge >= 0.3 is 0 Å². The van der Waals surface area contributed by atoms with Crippen LogP contribution in [0.1, 0.15) is 39.2 Å². The molecule has 7 nitrogen and oxygen atoms in total. The monoisotopic (exact) mass is 431 g/mol. The van der Waals surface area contributed by atoms with Gasteiger partial charge in [-0.25, -0.2) is 13.6 Å². The first kappa shape index (κ1) is 23.6. The number of hydrogen-bond acceptors (Lipinski definition) is 4. The van der Waals surface area contributed by atoms with Crippen LogP contribution in [0.2, 0.25) is 0 Å². The highest BCUT2D eigenvalue weighted by molar-refractivity contribution is 7.89. The number of nitrogens with two attached hydrogens (primary N) is 1. The van der Waals surface area contributed by atoms with Crippen molar-refractivity contribution in [1.82, 2.24) is 5.32 Å². The lowest BCUT2D eigenvalue weighted by Gasteiger charge is -2.29. The largest absolute Gasteiger partial charge is 0.352 e. The van der Waals surface area contributed by atoms with E-state index in [9.17, 15) is 18.0 Å². The summed E-state index contributed by atoms with van der Waals surface area (Å²) >= 11 is 0. The molecule has 162 valence electrons. The second-order valence-electron chi connectivity index (χ2n) is 7.75. The van der Waals surface area contributed by atoms with Gasteiger partial charge in [-0.05, 0) is 42.7 Å². The maximum atomic E-state index is 12.9. The molecule has 0 radical (unpaired) electrons. The van der Waals surface area contributed by atoms with Crippen LogP contribution >= 0.6 is 0 Å². The van der Waals surface area contributed by atoms with Crippen molar-refractivity contribution in [2.75, 3.05) is 5.32 Å². The standard InChI is InChI=1S/C22H29N3O4S/c1-4-22(3,14-16(2)20(26)24-15-17-8-6-5-7-9-17)21(27)25-18-10-12-19(13-11-18)30(23,28)29/h5-13,16H,4,14-15H2,1-3H3,(H,24,26)(H,25,27)(H2,23,28,29). The lowest BCUT2D eigenvalue weighted by Crippen LogP contribution is -2.38. The van der Waals surface area contributed by atoms with E-state index in [1.807, 2.05) is 51.1 Å². The number of nitrogens with one attached hydrogen (secondary N) is 2. The van der Waals surface area contributed by atoms with E-state index in [2.05, 4.69) is 10.6 Å². The molecule has 0 spiro atoms. The smallest absolute Gasteiger partial charge is 0.238 e. The van der Waals surface area contributed by atoms with E-state index in [0.717, 1.165) is 5.56 Å². The highest BCUT2D eigenvalue weighted by Crippen LogP contribution is 2.32. The third-order valence-electron chi connectivity index (χ3n) is 5.28. The highest BCUT2D eigenvalue weighted by Gasteiger charge is 2.35. The fourth-order valence-electron chi connectivity index (χ4n) is 3.14. The summed E-state index contributed by atoms with van der Waals surface area (Å²) in [6.07, 6.45) is 0.926. The fraction of sp³-hybridized carbons (Fsp3) is 0.364. The van der Waals surface area contributed by atoms with Gasteiger partial charge in [0.2, 0.25) is 21.8 Å². The molecular formula is C22H29N3O4S. The van der Waals surface area contributed by atoms with E-state index in [4.69, 9.17) is 5.14 Å². The van der Waals surface area contributed by atoms with Crippen molar-refractivity contribution in [3.05, 3.63) is 60.2 Å². The van der Waals surface area contributed by atoms with Gasteiger partial charge in [0.15, 0.2) is 0 Å². The van der Waals surface area contributed by atoms with E-state index in [0.29, 0.717) is 25.1 Å². The Balaban J connectivity index is 1.99. The topological polar surface area (TPSA) is 118 Å². The van der Waals surface area contributed by atoms with E-state index in [1.165, 1.54) is 24.3 Å². The van der Waals surface area contributed by atoms with Crippen molar-refractivity contribution in [1.29, 1.82) is 0 Å². The van der Waals surface area contributed by atoms with Crippen LogP contribution in [0.25, 0.3) is 0 Å².